The third kappa shape index (κ3) is 4.00. The number of rotatable bonds is 5. The van der Waals surface area contributed by atoms with E-state index in [-0.39, 0.29) is 23.5 Å². The number of benzene rings is 1. The molecule has 0 bridgehead atoms. The van der Waals surface area contributed by atoms with Crippen LogP contribution in [0.4, 0.5) is 0 Å². The fourth-order valence-corrected chi connectivity index (χ4v) is 4.76. The topological polar surface area (TPSA) is 93.0 Å². The van der Waals surface area contributed by atoms with Gasteiger partial charge in [0.05, 0.1) is 18.1 Å². The summed E-state index contributed by atoms with van der Waals surface area (Å²) >= 11 is 0. The number of nitrogens with two attached hydrogens (primary N) is 1. The Morgan fingerprint density at radius 2 is 1.96 bits per heavy atom. The van der Waals surface area contributed by atoms with Gasteiger partial charge in [-0.3, -0.25) is 4.79 Å². The SMILES string of the molecule is O=C(NC1CS(=O)(=O)CC1[NH2+]Cc1ccco1)c1ccccc1. The Kier molecular flexibility index (Phi) is 4.49. The lowest BCUT2D eigenvalue weighted by Crippen LogP contribution is -2.92. The summed E-state index contributed by atoms with van der Waals surface area (Å²) in [6, 6.07) is 11.8. The second kappa shape index (κ2) is 6.55. The highest BCUT2D eigenvalue weighted by atomic mass is 32.2. The predicted molar refractivity (Wildman–Crippen MR) is 84.5 cm³/mol. The van der Waals surface area contributed by atoms with Gasteiger partial charge in [0.1, 0.15) is 18.3 Å². The molecular weight excluding hydrogens is 316 g/mol. The Labute approximate surface area is 134 Å². The molecule has 23 heavy (non-hydrogen) atoms. The van der Waals surface area contributed by atoms with Gasteiger partial charge in [0.2, 0.25) is 0 Å². The van der Waals surface area contributed by atoms with Crippen LogP contribution in [0.25, 0.3) is 0 Å². The maximum absolute atomic E-state index is 12.3. The first-order chi connectivity index (χ1) is 11.0. The van der Waals surface area contributed by atoms with E-state index in [1.807, 2.05) is 17.4 Å². The van der Waals surface area contributed by atoms with Gasteiger partial charge in [-0.2, -0.15) is 0 Å². The van der Waals surface area contributed by atoms with Gasteiger partial charge in [0.25, 0.3) is 5.91 Å². The van der Waals surface area contributed by atoms with Crippen LogP contribution in [0.15, 0.2) is 53.1 Å². The zero-order valence-corrected chi connectivity index (χ0v) is 13.3. The van der Waals surface area contributed by atoms with Crippen LogP contribution in [-0.4, -0.2) is 37.9 Å². The quantitative estimate of drug-likeness (QED) is 0.800. The fraction of sp³-hybridized carbons (Fsp3) is 0.312. The second-order valence-electron chi connectivity index (χ2n) is 5.71. The summed E-state index contributed by atoms with van der Waals surface area (Å²) in [5, 5.41) is 4.77. The average Bonchev–Trinajstić information content (AvgIpc) is 3.13. The summed E-state index contributed by atoms with van der Waals surface area (Å²) in [5.41, 5.74) is 0.529. The molecule has 2 heterocycles. The van der Waals surface area contributed by atoms with Gasteiger partial charge in [-0.25, -0.2) is 8.42 Å². The molecule has 122 valence electrons. The summed E-state index contributed by atoms with van der Waals surface area (Å²) < 4.78 is 29.1. The van der Waals surface area contributed by atoms with E-state index in [1.54, 1.807) is 36.6 Å². The third-order valence-corrected chi connectivity index (χ3v) is 5.71. The zero-order chi connectivity index (χ0) is 16.3. The molecule has 0 spiro atoms. The van der Waals surface area contributed by atoms with Crippen LogP contribution in [0.3, 0.4) is 0 Å². The fourth-order valence-electron chi connectivity index (χ4n) is 2.79. The van der Waals surface area contributed by atoms with Crippen molar-refractivity contribution in [3.05, 3.63) is 60.1 Å². The average molecular weight is 335 g/mol. The van der Waals surface area contributed by atoms with Crippen molar-refractivity contribution in [2.45, 2.75) is 18.6 Å². The van der Waals surface area contributed by atoms with E-state index in [1.165, 1.54) is 0 Å². The Hall–Kier alpha value is -2.12. The standard InChI is InChI=1S/C16H18N2O4S/c19-16(12-5-2-1-3-6-12)18-15-11-23(20,21)10-14(15)17-9-13-7-4-8-22-13/h1-8,14-15,17H,9-11H2,(H,18,19)/p+1. The molecule has 2 unspecified atom stereocenters. The molecule has 2 atom stereocenters. The molecule has 1 aliphatic heterocycles. The number of carbonyl (C=O) groups excluding carboxylic acids is 1. The maximum atomic E-state index is 12.3. The summed E-state index contributed by atoms with van der Waals surface area (Å²) in [6.07, 6.45) is 1.59. The first-order valence-corrected chi connectivity index (χ1v) is 9.28. The van der Waals surface area contributed by atoms with Crippen molar-refractivity contribution < 1.29 is 22.9 Å². The third-order valence-electron chi connectivity index (χ3n) is 3.95. The van der Waals surface area contributed by atoms with Crippen LogP contribution in [-0.2, 0) is 16.4 Å². The number of hydrogen-bond acceptors (Lipinski definition) is 4. The number of quaternary nitrogens is 1. The molecule has 1 fully saturated rings. The van der Waals surface area contributed by atoms with Gasteiger partial charge in [-0.1, -0.05) is 18.2 Å². The largest absolute Gasteiger partial charge is 0.463 e. The maximum Gasteiger partial charge on any atom is 0.251 e. The van der Waals surface area contributed by atoms with Crippen LogP contribution in [0.2, 0.25) is 0 Å². The summed E-state index contributed by atoms with van der Waals surface area (Å²) in [6.45, 7) is 0.547. The lowest BCUT2D eigenvalue weighted by atomic mass is 10.1. The molecule has 1 saturated heterocycles. The number of amides is 1. The van der Waals surface area contributed by atoms with Gasteiger partial charge in [0.15, 0.2) is 15.6 Å². The van der Waals surface area contributed by atoms with Crippen molar-refractivity contribution in [2.75, 3.05) is 11.5 Å². The van der Waals surface area contributed by atoms with Crippen LogP contribution < -0.4 is 10.6 Å². The summed E-state index contributed by atoms with van der Waals surface area (Å²) in [5.74, 6) is 0.574. The van der Waals surface area contributed by atoms with E-state index < -0.39 is 15.9 Å². The van der Waals surface area contributed by atoms with Crippen molar-refractivity contribution in [3.63, 3.8) is 0 Å². The van der Waals surface area contributed by atoms with Gasteiger partial charge >= 0.3 is 0 Å². The highest BCUT2D eigenvalue weighted by molar-refractivity contribution is 7.91. The van der Waals surface area contributed by atoms with Crippen molar-refractivity contribution in [1.82, 2.24) is 5.32 Å². The molecule has 0 aliphatic carbocycles. The Morgan fingerprint density at radius 1 is 1.17 bits per heavy atom. The first kappa shape index (κ1) is 15.8. The zero-order valence-electron chi connectivity index (χ0n) is 12.5. The smallest absolute Gasteiger partial charge is 0.251 e. The monoisotopic (exact) mass is 335 g/mol. The number of nitrogens with one attached hydrogen (secondary N) is 1. The minimum Gasteiger partial charge on any atom is -0.463 e. The van der Waals surface area contributed by atoms with Crippen molar-refractivity contribution in [1.29, 1.82) is 0 Å². The summed E-state index contributed by atoms with van der Waals surface area (Å²) in [4.78, 5) is 12.3. The van der Waals surface area contributed by atoms with E-state index >= 15 is 0 Å². The summed E-state index contributed by atoms with van der Waals surface area (Å²) in [7, 11) is -3.14. The van der Waals surface area contributed by atoms with Crippen LogP contribution >= 0.6 is 0 Å². The van der Waals surface area contributed by atoms with Gasteiger partial charge in [0, 0.05) is 5.56 Å². The van der Waals surface area contributed by atoms with Crippen molar-refractivity contribution >= 4 is 15.7 Å². The Morgan fingerprint density at radius 3 is 2.65 bits per heavy atom. The molecule has 6 nitrogen and oxygen atoms in total. The van der Waals surface area contributed by atoms with E-state index in [0.29, 0.717) is 12.1 Å². The number of hydrogen-bond donors (Lipinski definition) is 2. The van der Waals surface area contributed by atoms with Crippen molar-refractivity contribution in [2.24, 2.45) is 0 Å². The first-order valence-electron chi connectivity index (χ1n) is 7.45. The Balaban J connectivity index is 1.66. The van der Waals surface area contributed by atoms with E-state index in [4.69, 9.17) is 4.42 Å². The van der Waals surface area contributed by atoms with Gasteiger partial charge < -0.3 is 15.1 Å². The molecule has 3 N–H and O–H groups in total. The second-order valence-corrected chi connectivity index (χ2v) is 7.86. The highest BCUT2D eigenvalue weighted by Crippen LogP contribution is 2.11. The Bertz CT molecular complexity index is 757. The minimum absolute atomic E-state index is 0.0229. The van der Waals surface area contributed by atoms with E-state index in [0.717, 1.165) is 5.76 Å². The van der Waals surface area contributed by atoms with Crippen LogP contribution in [0, 0.1) is 0 Å². The molecule has 1 aromatic carbocycles. The number of carbonyl (C=O) groups is 1. The lowest BCUT2D eigenvalue weighted by molar-refractivity contribution is -0.702. The molecule has 3 rings (SSSR count). The van der Waals surface area contributed by atoms with Crippen LogP contribution in [0.1, 0.15) is 16.1 Å². The molecule has 7 heteroatoms. The highest BCUT2D eigenvalue weighted by Gasteiger charge is 2.41. The van der Waals surface area contributed by atoms with Gasteiger partial charge in [-0.05, 0) is 24.3 Å². The molecule has 1 amide bonds. The molecule has 0 radical (unpaired) electrons. The molecule has 2 aromatic rings. The molecule has 1 aliphatic rings. The molecule has 0 saturated carbocycles. The van der Waals surface area contributed by atoms with Crippen molar-refractivity contribution in [3.8, 4) is 0 Å². The number of furan rings is 1. The normalized spacial score (nSPS) is 22.8. The van der Waals surface area contributed by atoms with E-state index in [9.17, 15) is 13.2 Å². The predicted octanol–water partition coefficient (Wildman–Crippen LogP) is -0.0614. The lowest BCUT2D eigenvalue weighted by Gasteiger charge is -2.17. The van der Waals surface area contributed by atoms with Gasteiger partial charge in [-0.15, -0.1) is 0 Å². The van der Waals surface area contributed by atoms with Crippen LogP contribution in [0.5, 0.6) is 0 Å². The molecular formula is C16H19N2O4S+. The molecule has 1 aromatic heterocycles. The number of sulfone groups is 1. The minimum atomic E-state index is -3.14. The van der Waals surface area contributed by atoms with E-state index in [2.05, 4.69) is 5.32 Å².